The van der Waals surface area contributed by atoms with Crippen molar-refractivity contribution in [1.82, 2.24) is 9.80 Å². The summed E-state index contributed by atoms with van der Waals surface area (Å²) in [6.07, 6.45) is 5.13. The van der Waals surface area contributed by atoms with Gasteiger partial charge in [0.25, 0.3) is 11.6 Å². The van der Waals surface area contributed by atoms with Gasteiger partial charge in [-0.05, 0) is 56.5 Å². The molecule has 0 saturated carbocycles. The molecule has 1 saturated heterocycles. The number of nitrogens with one attached hydrogen (secondary N) is 1. The molecule has 0 unspecified atom stereocenters. The summed E-state index contributed by atoms with van der Waals surface area (Å²) >= 11 is 15.0. The van der Waals surface area contributed by atoms with Gasteiger partial charge in [-0.2, -0.15) is 0 Å². The monoisotopic (exact) mass is 606 g/mol. The van der Waals surface area contributed by atoms with Crippen molar-refractivity contribution in [2.24, 2.45) is 0 Å². The highest BCUT2D eigenvalue weighted by atomic mass is 35.5. The van der Waals surface area contributed by atoms with E-state index in [1.165, 1.54) is 28.3 Å². The number of nitrogens with zero attached hydrogens (tertiary/aromatic N) is 3. The number of rotatable bonds is 5. The highest BCUT2D eigenvalue weighted by Gasteiger charge is 2.30. The molecule has 3 aromatic rings. The first kappa shape index (κ1) is 27.8. The number of ether oxygens (including phenoxy) is 1. The molecule has 9 nitrogen and oxygen atoms in total. The van der Waals surface area contributed by atoms with Crippen LogP contribution in [0.25, 0.3) is 10.1 Å². The second kappa shape index (κ2) is 11.7. The van der Waals surface area contributed by atoms with E-state index in [1.54, 1.807) is 29.2 Å². The minimum Gasteiger partial charge on any atom is -0.462 e. The van der Waals surface area contributed by atoms with E-state index in [2.05, 4.69) is 5.32 Å². The molecule has 0 radical (unpaired) electrons. The second-order valence-electron chi connectivity index (χ2n) is 9.38. The fourth-order valence-electron chi connectivity index (χ4n) is 4.99. The van der Waals surface area contributed by atoms with Crippen molar-refractivity contribution in [3.05, 3.63) is 54.2 Å². The molecule has 5 rings (SSSR count). The minimum atomic E-state index is -0.465. The Hall–Kier alpha value is -2.80. The van der Waals surface area contributed by atoms with Gasteiger partial charge >= 0.3 is 5.97 Å². The number of benzene rings is 1. The van der Waals surface area contributed by atoms with Crippen LogP contribution in [-0.2, 0) is 17.6 Å². The molecule has 0 spiro atoms. The summed E-state index contributed by atoms with van der Waals surface area (Å²) < 4.78 is 5.98. The molecule has 0 atom stereocenters. The molecule has 1 aliphatic carbocycles. The van der Waals surface area contributed by atoms with Crippen LogP contribution in [0, 0.1) is 10.1 Å². The molecular formula is C26H27ClN4O5S3. The lowest BCUT2D eigenvalue weighted by molar-refractivity contribution is -0.384. The number of carbonyl (C=O) groups is 2. The Bertz CT molecular complexity index is 1460. The molecule has 2 aliphatic rings. The molecule has 3 heterocycles. The third-order valence-electron chi connectivity index (χ3n) is 6.99. The third-order valence-corrected chi connectivity index (χ3v) is 10.2. The molecule has 39 heavy (non-hydrogen) atoms. The van der Waals surface area contributed by atoms with E-state index in [0.29, 0.717) is 63.4 Å². The van der Waals surface area contributed by atoms with Crippen molar-refractivity contribution in [2.75, 3.05) is 38.1 Å². The van der Waals surface area contributed by atoms with Crippen LogP contribution >= 0.6 is 46.5 Å². The quantitative estimate of drug-likeness (QED) is 0.122. The average molecular weight is 607 g/mol. The number of non-ortho nitro benzene ring substituents is 1. The standard InChI is InChI=1S/C26H27ClN4O5S3/c1-2-36-25(33)20-16-6-4-3-5-7-18(16)39-23(20)28-26(37)30-12-10-29(11-13-30)24(32)22-21(27)17-9-8-15(31(34)35)14-19(17)38-22/h8-9,14H,2-7,10-13H2,1H3,(H,28,37). The molecule has 1 aromatic carbocycles. The van der Waals surface area contributed by atoms with Crippen molar-refractivity contribution >= 4 is 84.3 Å². The molecule has 0 bridgehead atoms. The normalized spacial score (nSPS) is 15.5. The summed E-state index contributed by atoms with van der Waals surface area (Å²) in [5.41, 5.74) is 1.65. The van der Waals surface area contributed by atoms with Crippen LogP contribution in [0.5, 0.6) is 0 Å². The van der Waals surface area contributed by atoms with Gasteiger partial charge in [-0.1, -0.05) is 18.0 Å². The first-order chi connectivity index (χ1) is 18.8. The lowest BCUT2D eigenvalue weighted by Crippen LogP contribution is -2.51. The predicted octanol–water partition coefficient (Wildman–Crippen LogP) is 6.12. The van der Waals surface area contributed by atoms with Gasteiger partial charge in [-0.3, -0.25) is 14.9 Å². The highest BCUT2D eigenvalue weighted by molar-refractivity contribution is 7.80. The van der Waals surface area contributed by atoms with Gasteiger partial charge in [0.05, 0.1) is 22.1 Å². The Kier molecular flexibility index (Phi) is 8.36. The maximum atomic E-state index is 13.3. The van der Waals surface area contributed by atoms with E-state index in [-0.39, 0.29) is 17.6 Å². The van der Waals surface area contributed by atoms with E-state index in [0.717, 1.165) is 42.7 Å². The fraction of sp³-hybridized carbons (Fsp3) is 0.423. The number of hydrogen-bond donors (Lipinski definition) is 1. The average Bonchev–Trinajstić information content (AvgIpc) is 3.34. The lowest BCUT2D eigenvalue weighted by atomic mass is 10.1. The van der Waals surface area contributed by atoms with Crippen molar-refractivity contribution in [3.63, 3.8) is 0 Å². The molecule has 206 valence electrons. The zero-order chi connectivity index (χ0) is 27.7. The summed E-state index contributed by atoms with van der Waals surface area (Å²) in [6.45, 7) is 4.03. The number of piperazine rings is 1. The van der Waals surface area contributed by atoms with Gasteiger partial charge in [0.1, 0.15) is 9.88 Å². The summed E-state index contributed by atoms with van der Waals surface area (Å²) in [7, 11) is 0. The summed E-state index contributed by atoms with van der Waals surface area (Å²) in [5, 5.41) is 16.6. The topological polar surface area (TPSA) is 105 Å². The van der Waals surface area contributed by atoms with E-state index in [9.17, 15) is 19.7 Å². The van der Waals surface area contributed by atoms with Gasteiger partial charge in [-0.25, -0.2) is 4.79 Å². The largest absolute Gasteiger partial charge is 0.462 e. The number of fused-ring (bicyclic) bond motifs is 2. The number of thiophene rings is 2. The maximum Gasteiger partial charge on any atom is 0.341 e. The van der Waals surface area contributed by atoms with Crippen LogP contribution in [0.15, 0.2) is 18.2 Å². The number of nitro groups is 1. The number of nitro benzene ring substituents is 1. The first-order valence-electron chi connectivity index (χ1n) is 12.8. The van der Waals surface area contributed by atoms with E-state index in [4.69, 9.17) is 28.6 Å². The molecule has 1 aliphatic heterocycles. The van der Waals surface area contributed by atoms with Crippen molar-refractivity contribution in [3.8, 4) is 0 Å². The molecule has 1 fully saturated rings. The van der Waals surface area contributed by atoms with Crippen molar-refractivity contribution in [1.29, 1.82) is 0 Å². The SMILES string of the molecule is CCOC(=O)c1c(NC(=S)N2CCN(C(=O)c3sc4cc([N+](=O)[O-])ccc4c3Cl)CC2)sc2c1CCCCC2. The third kappa shape index (κ3) is 5.60. The van der Waals surface area contributed by atoms with Gasteiger partial charge < -0.3 is 19.9 Å². The van der Waals surface area contributed by atoms with Gasteiger partial charge in [0, 0.05) is 53.3 Å². The number of anilines is 1. The first-order valence-corrected chi connectivity index (χ1v) is 15.2. The smallest absolute Gasteiger partial charge is 0.341 e. The number of amides is 1. The molecule has 2 aromatic heterocycles. The van der Waals surface area contributed by atoms with E-state index >= 15 is 0 Å². The van der Waals surface area contributed by atoms with Crippen LogP contribution in [0.3, 0.4) is 0 Å². The summed E-state index contributed by atoms with van der Waals surface area (Å²) in [5.74, 6) is -0.517. The van der Waals surface area contributed by atoms with Gasteiger partial charge in [0.2, 0.25) is 0 Å². The molecule has 1 amide bonds. The van der Waals surface area contributed by atoms with Crippen LogP contribution in [0.1, 0.15) is 56.7 Å². The maximum absolute atomic E-state index is 13.3. The van der Waals surface area contributed by atoms with Gasteiger partial charge in [-0.15, -0.1) is 22.7 Å². The summed E-state index contributed by atoms with van der Waals surface area (Å²) in [6, 6.07) is 4.42. The van der Waals surface area contributed by atoms with Crippen LogP contribution in [-0.4, -0.2) is 64.5 Å². The Morgan fingerprint density at radius 2 is 1.85 bits per heavy atom. The number of thiocarbonyl (C=S) groups is 1. The van der Waals surface area contributed by atoms with E-state index in [1.807, 2.05) is 4.90 Å². The Balaban J connectivity index is 1.27. The Morgan fingerprint density at radius 1 is 1.13 bits per heavy atom. The molecular weight excluding hydrogens is 580 g/mol. The summed E-state index contributed by atoms with van der Waals surface area (Å²) in [4.78, 5) is 42.1. The van der Waals surface area contributed by atoms with Crippen LogP contribution < -0.4 is 5.32 Å². The Labute approximate surface area is 243 Å². The number of carbonyl (C=O) groups excluding carboxylic acids is 2. The predicted molar refractivity (Wildman–Crippen MR) is 159 cm³/mol. The Morgan fingerprint density at radius 3 is 2.56 bits per heavy atom. The van der Waals surface area contributed by atoms with Crippen molar-refractivity contribution in [2.45, 2.75) is 39.0 Å². The highest BCUT2D eigenvalue weighted by Crippen LogP contribution is 2.39. The van der Waals surface area contributed by atoms with Crippen LogP contribution in [0.2, 0.25) is 5.02 Å². The second-order valence-corrected chi connectivity index (χ2v) is 12.3. The van der Waals surface area contributed by atoms with Crippen LogP contribution in [0.4, 0.5) is 10.7 Å². The number of hydrogen-bond acceptors (Lipinski definition) is 8. The minimum absolute atomic E-state index is 0.0395. The zero-order valence-corrected chi connectivity index (χ0v) is 24.5. The zero-order valence-electron chi connectivity index (χ0n) is 21.3. The van der Waals surface area contributed by atoms with E-state index < -0.39 is 4.92 Å². The molecule has 1 N–H and O–H groups in total. The lowest BCUT2D eigenvalue weighted by Gasteiger charge is -2.36. The number of esters is 1. The molecule has 13 heteroatoms. The fourth-order valence-corrected chi connectivity index (χ4v) is 8.13. The number of aryl methyl sites for hydroxylation is 1. The van der Waals surface area contributed by atoms with Crippen molar-refractivity contribution < 1.29 is 19.2 Å². The number of halogens is 1. The van der Waals surface area contributed by atoms with Gasteiger partial charge in [0.15, 0.2) is 5.11 Å².